The minimum atomic E-state index is -3.68. The number of nitrogens with one attached hydrogen (secondary N) is 1. The monoisotopic (exact) mass is 240 g/mol. The lowest BCUT2D eigenvalue weighted by Gasteiger charge is -2.08. The van der Waals surface area contributed by atoms with Crippen LogP contribution in [0.3, 0.4) is 0 Å². The zero-order valence-electron chi connectivity index (χ0n) is 6.85. The van der Waals surface area contributed by atoms with Gasteiger partial charge in [0.25, 0.3) is 5.24 Å². The first-order chi connectivity index (χ1) is 6.75. The van der Waals surface area contributed by atoms with Crippen LogP contribution in [0.25, 0.3) is 0 Å². The number of nitrogens with zero attached hydrogens (tertiary/aromatic N) is 3. The fourth-order valence-corrected chi connectivity index (χ4v) is 0.667. The molecule has 0 aromatic carbocycles. The molecule has 0 atom stereocenters. The van der Waals surface area contributed by atoms with Crippen LogP contribution in [0.5, 0.6) is 0 Å². The molecule has 0 saturated heterocycles. The standard InChI is InChI=1S/C3H4N4O7S/c8-2(15)4-1-3(5(9)10,6(11)12)7(13)14/h1H2,(H2,4,8,15). The van der Waals surface area contributed by atoms with Crippen LogP contribution in [0, 0.1) is 30.3 Å². The zero-order valence-corrected chi connectivity index (χ0v) is 7.75. The van der Waals surface area contributed by atoms with Crippen molar-refractivity contribution in [1.29, 1.82) is 0 Å². The average Bonchev–Trinajstić information content (AvgIpc) is 2.02. The molecular formula is C3H4N4O7S. The van der Waals surface area contributed by atoms with Gasteiger partial charge in [0, 0.05) is 0 Å². The summed E-state index contributed by atoms with van der Waals surface area (Å²) < 4.78 is 0. The Labute approximate surface area is 86.3 Å². The van der Waals surface area contributed by atoms with Crippen LogP contribution in [0.1, 0.15) is 0 Å². The topological polar surface area (TPSA) is 159 Å². The Morgan fingerprint density at radius 3 is 1.67 bits per heavy atom. The average molecular weight is 240 g/mol. The number of carbonyl (C=O) groups is 1. The number of nitro groups is 3. The third-order valence-corrected chi connectivity index (χ3v) is 1.51. The Kier molecular flexibility index (Phi) is 3.90. The van der Waals surface area contributed by atoms with E-state index in [1.165, 1.54) is 5.32 Å². The van der Waals surface area contributed by atoms with Crippen molar-refractivity contribution in [2.45, 2.75) is 5.79 Å². The highest BCUT2D eigenvalue weighted by atomic mass is 32.1. The van der Waals surface area contributed by atoms with E-state index >= 15 is 0 Å². The van der Waals surface area contributed by atoms with E-state index in [-0.39, 0.29) is 0 Å². The largest absolute Gasteiger partial charge is 0.717 e. The summed E-state index contributed by atoms with van der Waals surface area (Å²) in [6, 6.07) is 0. The van der Waals surface area contributed by atoms with Crippen LogP contribution in [-0.2, 0) is 0 Å². The van der Waals surface area contributed by atoms with Gasteiger partial charge >= 0.3 is 5.79 Å². The molecule has 0 saturated carbocycles. The second kappa shape index (κ2) is 4.50. The van der Waals surface area contributed by atoms with Gasteiger partial charge in [-0.15, -0.1) is 0 Å². The Morgan fingerprint density at radius 2 is 1.47 bits per heavy atom. The van der Waals surface area contributed by atoms with Crippen molar-refractivity contribution in [3.8, 4) is 0 Å². The van der Waals surface area contributed by atoms with E-state index in [4.69, 9.17) is 0 Å². The second-order valence-corrected chi connectivity index (χ2v) is 2.61. The highest BCUT2D eigenvalue weighted by Crippen LogP contribution is 2.10. The van der Waals surface area contributed by atoms with Crippen molar-refractivity contribution in [3.63, 3.8) is 0 Å². The maximum absolute atomic E-state index is 10.3. The van der Waals surface area contributed by atoms with Crippen LogP contribution in [0.15, 0.2) is 0 Å². The van der Waals surface area contributed by atoms with Gasteiger partial charge in [-0.2, -0.15) is 0 Å². The molecule has 1 amide bonds. The number of carbonyl (C=O) groups excluding carboxylic acids is 1. The molecule has 0 unspecified atom stereocenters. The van der Waals surface area contributed by atoms with Crippen LogP contribution >= 0.6 is 12.6 Å². The SMILES string of the molecule is O=C(S)NCC([N+](=O)[O-])([N+](=O)[O-])[N+](=O)[O-]. The third-order valence-electron chi connectivity index (χ3n) is 1.35. The van der Waals surface area contributed by atoms with Crippen molar-refractivity contribution in [1.82, 2.24) is 5.32 Å². The summed E-state index contributed by atoms with van der Waals surface area (Å²) in [7, 11) is 0. The van der Waals surface area contributed by atoms with Crippen LogP contribution in [0.4, 0.5) is 4.79 Å². The van der Waals surface area contributed by atoms with E-state index in [2.05, 4.69) is 12.6 Å². The Morgan fingerprint density at radius 1 is 1.13 bits per heavy atom. The number of amides is 1. The van der Waals surface area contributed by atoms with Gasteiger partial charge in [-0.05, 0) is 0 Å². The molecule has 12 heteroatoms. The minimum absolute atomic E-state index is 1.15. The molecule has 15 heavy (non-hydrogen) atoms. The number of hydrogen-bond acceptors (Lipinski definition) is 7. The fraction of sp³-hybridized carbons (Fsp3) is 0.667. The molecule has 11 nitrogen and oxygen atoms in total. The Bertz CT molecular complexity index is 292. The smallest absolute Gasteiger partial charge is 0.326 e. The van der Waals surface area contributed by atoms with Crippen LogP contribution < -0.4 is 5.32 Å². The molecule has 0 rings (SSSR count). The summed E-state index contributed by atoms with van der Waals surface area (Å²) in [6.45, 7) is -1.39. The van der Waals surface area contributed by atoms with Gasteiger partial charge in [-0.3, -0.25) is 35.1 Å². The maximum atomic E-state index is 10.3. The predicted molar refractivity (Wildman–Crippen MR) is 46.1 cm³/mol. The zero-order chi connectivity index (χ0) is 12.2. The molecule has 0 spiro atoms. The van der Waals surface area contributed by atoms with E-state index < -0.39 is 32.3 Å². The van der Waals surface area contributed by atoms with Crippen molar-refractivity contribution >= 4 is 17.9 Å². The molecular weight excluding hydrogens is 236 g/mol. The predicted octanol–water partition coefficient (Wildman–Crippen LogP) is -0.890. The van der Waals surface area contributed by atoms with E-state index in [0.29, 0.717) is 0 Å². The summed E-state index contributed by atoms with van der Waals surface area (Å²) in [6.07, 6.45) is 0. The van der Waals surface area contributed by atoms with Gasteiger partial charge < -0.3 is 5.32 Å². The fourth-order valence-electron chi connectivity index (χ4n) is 0.588. The molecule has 1 N–H and O–H groups in total. The highest BCUT2D eigenvalue weighted by molar-refractivity contribution is 7.96. The van der Waals surface area contributed by atoms with Crippen LogP contribution in [0.2, 0.25) is 0 Å². The van der Waals surface area contributed by atoms with Gasteiger partial charge in [-0.1, -0.05) is 12.6 Å². The summed E-state index contributed by atoms with van der Waals surface area (Å²) in [4.78, 5) is 35.9. The first kappa shape index (κ1) is 13.0. The molecule has 0 aliphatic rings. The lowest BCUT2D eigenvalue weighted by atomic mass is 10.4. The van der Waals surface area contributed by atoms with Gasteiger partial charge in [0.2, 0.25) is 6.54 Å². The third kappa shape index (κ3) is 2.49. The number of rotatable bonds is 5. The molecule has 84 valence electrons. The molecule has 0 aromatic heterocycles. The maximum Gasteiger partial charge on any atom is 0.717 e. The molecule has 0 aliphatic heterocycles. The van der Waals surface area contributed by atoms with E-state index in [0.717, 1.165) is 0 Å². The number of thiol groups is 1. The van der Waals surface area contributed by atoms with E-state index in [9.17, 15) is 35.1 Å². The molecule has 0 aromatic rings. The quantitative estimate of drug-likeness (QED) is 0.273. The number of hydrogen-bond donors (Lipinski definition) is 2. The molecule has 0 aliphatic carbocycles. The molecule has 0 fully saturated rings. The summed E-state index contributed by atoms with van der Waals surface area (Å²) in [5.41, 5.74) is 0. The second-order valence-electron chi connectivity index (χ2n) is 2.20. The normalized spacial score (nSPS) is 10.5. The molecule has 0 bridgehead atoms. The van der Waals surface area contributed by atoms with Gasteiger partial charge in [0.15, 0.2) is 14.8 Å². The first-order valence-electron chi connectivity index (χ1n) is 3.15. The Hall–Kier alpha value is -1.98. The minimum Gasteiger partial charge on any atom is -0.326 e. The lowest BCUT2D eigenvalue weighted by molar-refractivity contribution is -0.966. The molecule has 0 radical (unpaired) electrons. The van der Waals surface area contributed by atoms with Gasteiger partial charge in [-0.25, -0.2) is 0 Å². The van der Waals surface area contributed by atoms with Crippen molar-refractivity contribution in [3.05, 3.63) is 30.3 Å². The lowest BCUT2D eigenvalue weighted by Crippen LogP contribution is -2.59. The van der Waals surface area contributed by atoms with Crippen LogP contribution in [-0.4, -0.2) is 32.3 Å². The Balaban J connectivity index is 5.15. The summed E-state index contributed by atoms with van der Waals surface area (Å²) in [5, 5.41) is 31.2. The van der Waals surface area contributed by atoms with Crippen molar-refractivity contribution < 1.29 is 19.6 Å². The first-order valence-corrected chi connectivity index (χ1v) is 3.60. The summed E-state index contributed by atoms with van der Waals surface area (Å²) in [5.74, 6) is -3.68. The van der Waals surface area contributed by atoms with Crippen molar-refractivity contribution in [2.24, 2.45) is 0 Å². The van der Waals surface area contributed by atoms with Crippen molar-refractivity contribution in [2.75, 3.05) is 6.54 Å². The van der Waals surface area contributed by atoms with Gasteiger partial charge in [0.1, 0.15) is 0 Å². The van der Waals surface area contributed by atoms with Gasteiger partial charge in [0.05, 0.1) is 0 Å². The highest BCUT2D eigenvalue weighted by Gasteiger charge is 2.70. The summed E-state index contributed by atoms with van der Waals surface area (Å²) >= 11 is 3.10. The van der Waals surface area contributed by atoms with E-state index in [1.54, 1.807) is 0 Å². The molecule has 0 heterocycles. The van der Waals surface area contributed by atoms with E-state index in [1.807, 2.05) is 0 Å².